The fourth-order valence-electron chi connectivity index (χ4n) is 1.61. The molecule has 6 heteroatoms. The number of nitrogens with one attached hydrogen (secondary N) is 1. The van der Waals surface area contributed by atoms with Gasteiger partial charge in [-0.25, -0.2) is 0 Å². The van der Waals surface area contributed by atoms with Crippen LogP contribution < -0.4 is 10.1 Å². The number of amides is 1. The highest BCUT2D eigenvalue weighted by molar-refractivity contribution is 9.10. The smallest absolute Gasteiger partial charge is 0.255 e. The summed E-state index contributed by atoms with van der Waals surface area (Å²) < 4.78 is 6.03. The van der Waals surface area contributed by atoms with Crippen molar-refractivity contribution >= 4 is 50.7 Å². The molecule has 1 amide bonds. The molecule has 2 aromatic carbocycles. The third-order valence-corrected chi connectivity index (χ3v) is 3.82. The number of halogens is 3. The molecule has 0 aromatic heterocycles. The lowest BCUT2D eigenvalue weighted by Gasteiger charge is -2.11. The van der Waals surface area contributed by atoms with Crippen LogP contribution in [0.3, 0.4) is 0 Å². The van der Waals surface area contributed by atoms with Crippen LogP contribution in [0.4, 0.5) is 5.69 Å². The molecule has 1 N–H and O–H groups in total. The number of hydrogen-bond acceptors (Lipinski definition) is 2. The number of carbonyl (C=O) groups excluding carboxylic acids is 1. The van der Waals surface area contributed by atoms with Crippen molar-refractivity contribution in [3.05, 3.63) is 56.5 Å². The summed E-state index contributed by atoms with van der Waals surface area (Å²) in [7, 11) is 1.54. The highest BCUT2D eigenvalue weighted by Crippen LogP contribution is 2.29. The van der Waals surface area contributed by atoms with Gasteiger partial charge in [-0.15, -0.1) is 0 Å². The van der Waals surface area contributed by atoms with E-state index in [1.165, 1.54) is 13.2 Å². The summed E-state index contributed by atoms with van der Waals surface area (Å²) in [6, 6.07) is 10.0. The molecular weight excluding hydrogens is 365 g/mol. The highest BCUT2D eigenvalue weighted by atomic mass is 79.9. The Hall–Kier alpha value is -1.23. The predicted octanol–water partition coefficient (Wildman–Crippen LogP) is 5.02. The van der Waals surface area contributed by atoms with Crippen molar-refractivity contribution in [2.45, 2.75) is 0 Å². The van der Waals surface area contributed by atoms with Gasteiger partial charge in [0.1, 0.15) is 5.75 Å². The second-order valence-electron chi connectivity index (χ2n) is 3.93. The molecule has 0 aliphatic rings. The Morgan fingerprint density at radius 3 is 2.55 bits per heavy atom. The largest absolute Gasteiger partial charge is 0.495 e. The number of anilines is 1. The molecule has 20 heavy (non-hydrogen) atoms. The van der Waals surface area contributed by atoms with Crippen molar-refractivity contribution in [1.29, 1.82) is 0 Å². The Bertz CT molecular complexity index is 662. The number of carbonyl (C=O) groups is 1. The number of benzene rings is 2. The van der Waals surface area contributed by atoms with E-state index in [0.29, 0.717) is 27.0 Å². The molecule has 0 saturated carbocycles. The van der Waals surface area contributed by atoms with E-state index in [2.05, 4.69) is 21.2 Å². The van der Waals surface area contributed by atoms with Gasteiger partial charge >= 0.3 is 0 Å². The van der Waals surface area contributed by atoms with Crippen LogP contribution in [0.2, 0.25) is 10.0 Å². The normalized spacial score (nSPS) is 10.2. The van der Waals surface area contributed by atoms with Crippen LogP contribution in [0.25, 0.3) is 0 Å². The molecule has 0 fully saturated rings. The summed E-state index contributed by atoms with van der Waals surface area (Å²) in [5.41, 5.74) is 0.986. The zero-order chi connectivity index (χ0) is 14.7. The molecule has 2 aromatic rings. The van der Waals surface area contributed by atoms with Crippen LogP contribution >= 0.6 is 39.1 Å². The van der Waals surface area contributed by atoms with Crippen LogP contribution in [0.1, 0.15) is 10.4 Å². The Labute approximate surface area is 135 Å². The second kappa shape index (κ2) is 6.48. The standard InChI is InChI=1S/C14H10BrCl2NO2/c1-20-13-5-3-9(15)7-12(13)18-14(19)8-2-4-10(16)11(17)6-8/h2-7H,1H3,(H,18,19). The quantitative estimate of drug-likeness (QED) is 0.819. The van der Waals surface area contributed by atoms with Gasteiger partial charge in [-0.05, 0) is 36.4 Å². The van der Waals surface area contributed by atoms with Gasteiger partial charge in [-0.1, -0.05) is 39.1 Å². The summed E-state index contributed by atoms with van der Waals surface area (Å²) in [5, 5.41) is 3.51. The lowest BCUT2D eigenvalue weighted by atomic mass is 10.2. The maximum absolute atomic E-state index is 12.2. The number of methoxy groups -OCH3 is 1. The average molecular weight is 375 g/mol. The topological polar surface area (TPSA) is 38.3 Å². The molecule has 0 atom stereocenters. The van der Waals surface area contributed by atoms with Crippen LogP contribution in [0.15, 0.2) is 40.9 Å². The van der Waals surface area contributed by atoms with Gasteiger partial charge in [0.15, 0.2) is 0 Å². The van der Waals surface area contributed by atoms with Gasteiger partial charge < -0.3 is 10.1 Å². The molecular formula is C14H10BrCl2NO2. The van der Waals surface area contributed by atoms with Crippen molar-refractivity contribution in [3.63, 3.8) is 0 Å². The maximum atomic E-state index is 12.2. The molecule has 2 rings (SSSR count). The van der Waals surface area contributed by atoms with Crippen LogP contribution in [0, 0.1) is 0 Å². The van der Waals surface area contributed by atoms with Gasteiger partial charge in [0.05, 0.1) is 22.8 Å². The van der Waals surface area contributed by atoms with E-state index in [1.54, 1.807) is 24.3 Å². The number of ether oxygens (including phenoxy) is 1. The number of hydrogen-bond donors (Lipinski definition) is 1. The van der Waals surface area contributed by atoms with Crippen molar-refractivity contribution in [2.75, 3.05) is 12.4 Å². The van der Waals surface area contributed by atoms with Crippen LogP contribution in [0.5, 0.6) is 5.75 Å². The maximum Gasteiger partial charge on any atom is 0.255 e. The second-order valence-corrected chi connectivity index (χ2v) is 5.66. The molecule has 0 spiro atoms. The van der Waals surface area contributed by atoms with Crippen molar-refractivity contribution in [2.24, 2.45) is 0 Å². The number of rotatable bonds is 3. The first-order chi connectivity index (χ1) is 9.51. The van der Waals surface area contributed by atoms with Crippen LogP contribution in [-0.4, -0.2) is 13.0 Å². The Balaban J connectivity index is 2.27. The minimum Gasteiger partial charge on any atom is -0.495 e. The van der Waals surface area contributed by atoms with E-state index in [1.807, 2.05) is 6.07 Å². The lowest BCUT2D eigenvalue weighted by Crippen LogP contribution is -2.12. The van der Waals surface area contributed by atoms with E-state index in [4.69, 9.17) is 27.9 Å². The third-order valence-electron chi connectivity index (χ3n) is 2.59. The molecule has 0 saturated heterocycles. The molecule has 0 aliphatic heterocycles. The first-order valence-electron chi connectivity index (χ1n) is 5.61. The van der Waals surface area contributed by atoms with Crippen LogP contribution in [-0.2, 0) is 0 Å². The Kier molecular flexibility index (Phi) is 4.91. The van der Waals surface area contributed by atoms with Crippen molar-refractivity contribution < 1.29 is 9.53 Å². The van der Waals surface area contributed by atoms with E-state index < -0.39 is 0 Å². The molecule has 3 nitrogen and oxygen atoms in total. The van der Waals surface area contributed by atoms with Gasteiger partial charge in [0, 0.05) is 10.0 Å². The van der Waals surface area contributed by atoms with Gasteiger partial charge in [-0.3, -0.25) is 4.79 Å². The highest BCUT2D eigenvalue weighted by Gasteiger charge is 2.11. The zero-order valence-electron chi connectivity index (χ0n) is 10.4. The SMILES string of the molecule is COc1ccc(Br)cc1NC(=O)c1ccc(Cl)c(Cl)c1. The predicted molar refractivity (Wildman–Crippen MR) is 85.1 cm³/mol. The molecule has 0 bridgehead atoms. The minimum atomic E-state index is -0.292. The summed E-state index contributed by atoms with van der Waals surface area (Å²) in [5.74, 6) is 0.279. The van der Waals surface area contributed by atoms with Crippen molar-refractivity contribution in [3.8, 4) is 5.75 Å². The lowest BCUT2D eigenvalue weighted by molar-refractivity contribution is 0.102. The third kappa shape index (κ3) is 3.45. The summed E-state index contributed by atoms with van der Waals surface area (Å²) in [6.07, 6.45) is 0. The zero-order valence-corrected chi connectivity index (χ0v) is 13.5. The molecule has 0 aliphatic carbocycles. The first-order valence-corrected chi connectivity index (χ1v) is 7.16. The van der Waals surface area contributed by atoms with Crippen molar-refractivity contribution in [1.82, 2.24) is 0 Å². The van der Waals surface area contributed by atoms with E-state index in [9.17, 15) is 4.79 Å². The average Bonchev–Trinajstić information content (AvgIpc) is 2.42. The molecule has 104 valence electrons. The van der Waals surface area contributed by atoms with Gasteiger partial charge in [-0.2, -0.15) is 0 Å². The monoisotopic (exact) mass is 373 g/mol. The summed E-state index contributed by atoms with van der Waals surface area (Å²) >= 11 is 15.1. The van der Waals surface area contributed by atoms with E-state index in [0.717, 1.165) is 4.47 Å². The summed E-state index contributed by atoms with van der Waals surface area (Å²) in [6.45, 7) is 0. The van der Waals surface area contributed by atoms with Gasteiger partial charge in [0.25, 0.3) is 5.91 Å². The fraction of sp³-hybridized carbons (Fsp3) is 0.0714. The fourth-order valence-corrected chi connectivity index (χ4v) is 2.27. The summed E-state index contributed by atoms with van der Waals surface area (Å²) in [4.78, 5) is 12.2. The first kappa shape index (κ1) is 15.2. The van der Waals surface area contributed by atoms with E-state index >= 15 is 0 Å². The Morgan fingerprint density at radius 2 is 1.90 bits per heavy atom. The Morgan fingerprint density at radius 1 is 1.15 bits per heavy atom. The van der Waals surface area contributed by atoms with E-state index in [-0.39, 0.29) is 5.91 Å². The molecule has 0 unspecified atom stereocenters. The minimum absolute atomic E-state index is 0.292. The molecule has 0 radical (unpaired) electrons. The van der Waals surface area contributed by atoms with Gasteiger partial charge in [0.2, 0.25) is 0 Å². The molecule has 0 heterocycles.